The number of ether oxygens (including phenoxy) is 1. The summed E-state index contributed by atoms with van der Waals surface area (Å²) in [5.41, 5.74) is -0.279. The van der Waals surface area contributed by atoms with Gasteiger partial charge >= 0.3 is 0 Å². The van der Waals surface area contributed by atoms with Gasteiger partial charge in [0.2, 0.25) is 0 Å². The van der Waals surface area contributed by atoms with Crippen LogP contribution in [0.15, 0.2) is 24.3 Å². The molecular weight excluding hydrogens is 254 g/mol. The molecule has 4 nitrogen and oxygen atoms in total. The van der Waals surface area contributed by atoms with Crippen LogP contribution in [0.25, 0.3) is 0 Å². The Labute approximate surface area is 121 Å². The van der Waals surface area contributed by atoms with Crippen LogP contribution in [-0.2, 0) is 4.74 Å². The Kier molecular flexibility index (Phi) is 3.98. The minimum Gasteiger partial charge on any atom is -0.504 e. The number of piperidine rings is 1. The Bertz CT molecular complexity index is 471. The molecule has 1 aliphatic heterocycles. The minimum absolute atomic E-state index is 0.0651. The van der Waals surface area contributed by atoms with Gasteiger partial charge in [0, 0.05) is 19.1 Å². The number of phenolic OH excluding ortho intramolecular Hbond substituents is 1. The maximum Gasteiger partial charge on any atom is 0.189 e. The number of hydrogen-bond acceptors (Lipinski definition) is 4. The molecule has 0 amide bonds. The molecule has 20 heavy (non-hydrogen) atoms. The molecule has 1 fully saturated rings. The van der Waals surface area contributed by atoms with Crippen LogP contribution in [0, 0.1) is 5.41 Å². The maximum atomic E-state index is 9.86. The Hall–Kier alpha value is -1.26. The molecule has 1 N–H and O–H groups in total. The van der Waals surface area contributed by atoms with Crippen molar-refractivity contribution in [1.82, 2.24) is 5.06 Å². The second kappa shape index (κ2) is 5.26. The van der Waals surface area contributed by atoms with Gasteiger partial charge in [-0.05, 0) is 32.4 Å². The molecule has 1 heterocycles. The summed E-state index contributed by atoms with van der Waals surface area (Å²) in [5, 5.41) is 11.8. The smallest absolute Gasteiger partial charge is 0.189 e. The number of nitrogens with zero attached hydrogens (tertiary/aromatic N) is 1. The van der Waals surface area contributed by atoms with E-state index < -0.39 is 0 Å². The van der Waals surface area contributed by atoms with E-state index in [2.05, 4.69) is 27.7 Å². The van der Waals surface area contributed by atoms with Crippen molar-refractivity contribution in [3.63, 3.8) is 0 Å². The SMILES string of the molecule is COC1CCN(Oc2ccccc2O)C(C)(C)C1(C)C. The van der Waals surface area contributed by atoms with Crippen LogP contribution in [0.2, 0.25) is 0 Å². The molecule has 2 rings (SSSR count). The molecule has 1 aliphatic rings. The van der Waals surface area contributed by atoms with E-state index in [1.807, 2.05) is 11.1 Å². The molecule has 1 saturated heterocycles. The van der Waals surface area contributed by atoms with Gasteiger partial charge < -0.3 is 14.7 Å². The first-order valence-corrected chi connectivity index (χ1v) is 7.07. The van der Waals surface area contributed by atoms with Gasteiger partial charge in [-0.25, -0.2) is 0 Å². The molecule has 1 aromatic rings. The third-order valence-corrected chi connectivity index (χ3v) is 4.96. The summed E-state index contributed by atoms with van der Waals surface area (Å²) in [4.78, 5) is 5.96. The van der Waals surface area contributed by atoms with Crippen LogP contribution in [0.4, 0.5) is 0 Å². The predicted octanol–water partition coefficient (Wildman–Crippen LogP) is 3.21. The number of rotatable bonds is 3. The molecular formula is C16H25NO3. The summed E-state index contributed by atoms with van der Waals surface area (Å²) in [7, 11) is 1.77. The number of hydroxylamine groups is 2. The third kappa shape index (κ3) is 2.38. The van der Waals surface area contributed by atoms with Crippen molar-refractivity contribution in [1.29, 1.82) is 0 Å². The van der Waals surface area contributed by atoms with Gasteiger partial charge in [-0.3, -0.25) is 0 Å². The van der Waals surface area contributed by atoms with Crippen molar-refractivity contribution in [2.45, 2.75) is 45.8 Å². The Morgan fingerprint density at radius 3 is 2.45 bits per heavy atom. The first kappa shape index (κ1) is 15.1. The van der Waals surface area contributed by atoms with Crippen molar-refractivity contribution in [3.8, 4) is 11.5 Å². The van der Waals surface area contributed by atoms with Gasteiger partial charge in [0.1, 0.15) is 0 Å². The molecule has 1 unspecified atom stereocenters. The molecule has 1 atom stereocenters. The highest BCUT2D eigenvalue weighted by atomic mass is 16.7. The topological polar surface area (TPSA) is 41.9 Å². The largest absolute Gasteiger partial charge is 0.504 e. The summed E-state index contributed by atoms with van der Waals surface area (Å²) in [6.45, 7) is 9.46. The first-order chi connectivity index (χ1) is 9.30. The highest BCUT2D eigenvalue weighted by molar-refractivity contribution is 5.37. The average Bonchev–Trinajstić information content (AvgIpc) is 2.38. The van der Waals surface area contributed by atoms with Crippen molar-refractivity contribution in [2.75, 3.05) is 13.7 Å². The zero-order chi connectivity index (χ0) is 15.0. The third-order valence-electron chi connectivity index (χ3n) is 4.96. The van der Waals surface area contributed by atoms with Crippen LogP contribution in [-0.4, -0.2) is 35.5 Å². The molecule has 0 saturated carbocycles. The maximum absolute atomic E-state index is 9.86. The monoisotopic (exact) mass is 279 g/mol. The van der Waals surface area contributed by atoms with Gasteiger partial charge in [-0.1, -0.05) is 26.0 Å². The van der Waals surface area contributed by atoms with E-state index in [1.54, 1.807) is 25.3 Å². The quantitative estimate of drug-likeness (QED) is 0.922. The zero-order valence-corrected chi connectivity index (χ0v) is 13.0. The Morgan fingerprint density at radius 2 is 1.85 bits per heavy atom. The van der Waals surface area contributed by atoms with E-state index in [1.165, 1.54) is 0 Å². The van der Waals surface area contributed by atoms with Gasteiger partial charge in [0.05, 0.1) is 11.6 Å². The summed E-state index contributed by atoms with van der Waals surface area (Å²) in [6.07, 6.45) is 1.10. The van der Waals surface area contributed by atoms with Crippen molar-refractivity contribution in [3.05, 3.63) is 24.3 Å². The lowest BCUT2D eigenvalue weighted by Gasteiger charge is -2.55. The van der Waals surface area contributed by atoms with Crippen LogP contribution in [0.5, 0.6) is 11.5 Å². The fraction of sp³-hybridized carbons (Fsp3) is 0.625. The van der Waals surface area contributed by atoms with Gasteiger partial charge in [-0.15, -0.1) is 5.06 Å². The van der Waals surface area contributed by atoms with Crippen LogP contribution in [0.3, 0.4) is 0 Å². The first-order valence-electron chi connectivity index (χ1n) is 7.07. The fourth-order valence-corrected chi connectivity index (χ4v) is 2.82. The predicted molar refractivity (Wildman–Crippen MR) is 78.7 cm³/mol. The van der Waals surface area contributed by atoms with Crippen molar-refractivity contribution < 1.29 is 14.7 Å². The van der Waals surface area contributed by atoms with Crippen LogP contribution < -0.4 is 4.84 Å². The molecule has 0 spiro atoms. The standard InChI is InChI=1S/C16H25NO3/c1-15(2)14(19-5)10-11-17(16(15,3)4)20-13-9-7-6-8-12(13)18/h6-9,14,18H,10-11H2,1-5H3. The molecule has 0 aromatic heterocycles. The Balaban J connectivity index is 2.24. The highest BCUT2D eigenvalue weighted by Crippen LogP contribution is 2.45. The lowest BCUT2D eigenvalue weighted by molar-refractivity contribution is -0.230. The van der Waals surface area contributed by atoms with Crippen LogP contribution >= 0.6 is 0 Å². The number of hydrogen-bond donors (Lipinski definition) is 1. The van der Waals surface area contributed by atoms with E-state index >= 15 is 0 Å². The van der Waals surface area contributed by atoms with Crippen molar-refractivity contribution in [2.24, 2.45) is 5.41 Å². The number of para-hydroxylation sites is 2. The fourth-order valence-electron chi connectivity index (χ4n) is 2.82. The Morgan fingerprint density at radius 1 is 1.20 bits per heavy atom. The minimum atomic E-state index is -0.214. The summed E-state index contributed by atoms with van der Waals surface area (Å²) in [5.74, 6) is 0.655. The van der Waals surface area contributed by atoms with Gasteiger partial charge in [0.25, 0.3) is 0 Å². The van der Waals surface area contributed by atoms with Gasteiger partial charge in [0.15, 0.2) is 11.5 Å². The highest BCUT2D eigenvalue weighted by Gasteiger charge is 2.52. The van der Waals surface area contributed by atoms with Crippen molar-refractivity contribution >= 4 is 0 Å². The molecule has 1 aromatic carbocycles. The normalized spacial score (nSPS) is 25.4. The molecule has 0 aliphatic carbocycles. The van der Waals surface area contributed by atoms with Crippen LogP contribution in [0.1, 0.15) is 34.1 Å². The molecule has 0 bridgehead atoms. The molecule has 4 heteroatoms. The van der Waals surface area contributed by atoms with E-state index in [9.17, 15) is 5.11 Å². The average molecular weight is 279 g/mol. The zero-order valence-electron chi connectivity index (χ0n) is 13.0. The van der Waals surface area contributed by atoms with E-state index in [0.717, 1.165) is 13.0 Å². The second-order valence-electron chi connectivity index (χ2n) is 6.45. The molecule has 112 valence electrons. The summed E-state index contributed by atoms with van der Waals surface area (Å²) in [6, 6.07) is 7.06. The number of phenols is 1. The lowest BCUT2D eigenvalue weighted by atomic mass is 9.67. The number of aromatic hydroxyl groups is 1. The summed E-state index contributed by atoms with van der Waals surface area (Å²) >= 11 is 0. The lowest BCUT2D eigenvalue weighted by Crippen LogP contribution is -2.64. The number of methoxy groups -OCH3 is 1. The van der Waals surface area contributed by atoms with E-state index in [0.29, 0.717) is 5.75 Å². The number of benzene rings is 1. The second-order valence-corrected chi connectivity index (χ2v) is 6.45. The summed E-state index contributed by atoms with van der Waals surface area (Å²) < 4.78 is 5.63. The van der Waals surface area contributed by atoms with E-state index in [4.69, 9.17) is 9.57 Å². The van der Waals surface area contributed by atoms with Gasteiger partial charge in [-0.2, -0.15) is 0 Å². The van der Waals surface area contributed by atoms with E-state index in [-0.39, 0.29) is 22.8 Å². The molecule has 0 radical (unpaired) electrons.